The summed E-state index contributed by atoms with van der Waals surface area (Å²) in [4.78, 5) is 20.8. The Hall–Kier alpha value is -3.55. The van der Waals surface area contributed by atoms with Gasteiger partial charge in [-0.25, -0.2) is 14.8 Å². The van der Waals surface area contributed by atoms with Gasteiger partial charge in [0.05, 0.1) is 25.4 Å². The third kappa shape index (κ3) is 4.66. The molecule has 8 heteroatoms. The minimum atomic E-state index is -0.589. The first-order chi connectivity index (χ1) is 13.7. The van der Waals surface area contributed by atoms with E-state index < -0.39 is 11.7 Å². The number of amides is 1. The van der Waals surface area contributed by atoms with Crippen molar-refractivity contribution in [2.45, 2.75) is 26.4 Å². The van der Waals surface area contributed by atoms with Gasteiger partial charge in [-0.3, -0.25) is 5.32 Å². The second-order valence-electron chi connectivity index (χ2n) is 7.36. The van der Waals surface area contributed by atoms with Gasteiger partial charge in [0.25, 0.3) is 0 Å². The number of nitrogens with two attached hydrogens (primary N) is 1. The van der Waals surface area contributed by atoms with E-state index in [9.17, 15) is 4.79 Å². The van der Waals surface area contributed by atoms with Crippen molar-refractivity contribution in [1.82, 2.24) is 9.97 Å². The molecule has 0 saturated carbocycles. The predicted octanol–water partition coefficient (Wildman–Crippen LogP) is 4.24. The van der Waals surface area contributed by atoms with Gasteiger partial charge >= 0.3 is 6.09 Å². The van der Waals surface area contributed by atoms with Gasteiger partial charge in [-0.05, 0) is 39.0 Å². The van der Waals surface area contributed by atoms with Crippen molar-refractivity contribution < 1.29 is 19.0 Å². The zero-order valence-electron chi connectivity index (χ0n) is 17.1. The summed E-state index contributed by atoms with van der Waals surface area (Å²) in [7, 11) is 3.12. The molecule has 0 saturated heterocycles. The number of carbonyl (C=O) groups excluding carboxylic acids is 1. The lowest BCUT2D eigenvalue weighted by atomic mass is 10.1. The summed E-state index contributed by atoms with van der Waals surface area (Å²) in [5, 5.41) is 3.47. The van der Waals surface area contributed by atoms with Crippen molar-refractivity contribution >= 4 is 28.6 Å². The molecule has 1 amide bonds. The van der Waals surface area contributed by atoms with Crippen LogP contribution in [0.2, 0.25) is 0 Å². The lowest BCUT2D eigenvalue weighted by Gasteiger charge is -2.19. The van der Waals surface area contributed by atoms with Crippen LogP contribution in [0, 0.1) is 0 Å². The molecule has 3 aromatic rings. The molecule has 0 atom stereocenters. The fraction of sp³-hybridized carbons (Fsp3) is 0.286. The molecular formula is C21H24N4O4. The minimum absolute atomic E-state index is 0.130. The molecule has 0 bridgehead atoms. The number of carbonyl (C=O) groups is 1. The molecule has 1 aromatic heterocycles. The Kier molecular flexibility index (Phi) is 5.45. The summed E-state index contributed by atoms with van der Waals surface area (Å²) in [5.41, 5.74) is 7.90. The highest BCUT2D eigenvalue weighted by Gasteiger charge is 2.17. The number of nitrogen functional groups attached to an aromatic ring is 1. The van der Waals surface area contributed by atoms with Gasteiger partial charge in [-0.15, -0.1) is 0 Å². The molecular weight excluding hydrogens is 372 g/mol. The summed E-state index contributed by atoms with van der Waals surface area (Å²) < 4.78 is 16.1. The van der Waals surface area contributed by atoms with Gasteiger partial charge < -0.3 is 19.9 Å². The molecule has 2 aromatic carbocycles. The molecule has 0 radical (unpaired) electrons. The van der Waals surface area contributed by atoms with Crippen LogP contribution >= 0.6 is 0 Å². The normalized spacial score (nSPS) is 11.2. The lowest BCUT2D eigenvalue weighted by Crippen LogP contribution is -2.27. The fourth-order valence-electron chi connectivity index (χ4n) is 2.86. The Bertz CT molecular complexity index is 1060. The van der Waals surface area contributed by atoms with Crippen LogP contribution in [-0.2, 0) is 4.74 Å². The van der Waals surface area contributed by atoms with Crippen molar-refractivity contribution in [3.63, 3.8) is 0 Å². The molecule has 3 rings (SSSR count). The minimum Gasteiger partial charge on any atom is -0.493 e. The molecule has 3 N–H and O–H groups in total. The standard InChI is InChI=1S/C21H24N4O4/c1-21(2,3)29-20(26)23-13-8-6-7-12(9-13)18-14-10-16(27-4)17(28-5)11-15(14)24-19(22)25-18/h6-11H,1-5H3,(H,23,26)(H2,22,24,25). The summed E-state index contributed by atoms with van der Waals surface area (Å²) in [5.74, 6) is 1.23. The zero-order valence-corrected chi connectivity index (χ0v) is 17.1. The molecule has 0 aliphatic heterocycles. The van der Waals surface area contributed by atoms with Gasteiger partial charge in [0.1, 0.15) is 5.60 Å². The third-order valence-corrected chi connectivity index (χ3v) is 4.00. The third-order valence-electron chi connectivity index (χ3n) is 4.00. The highest BCUT2D eigenvalue weighted by molar-refractivity contribution is 5.96. The molecule has 1 heterocycles. The number of aromatic nitrogens is 2. The monoisotopic (exact) mass is 396 g/mol. The van der Waals surface area contributed by atoms with Gasteiger partial charge in [0.2, 0.25) is 5.95 Å². The largest absolute Gasteiger partial charge is 0.493 e. The molecule has 0 spiro atoms. The van der Waals surface area contributed by atoms with Crippen LogP contribution < -0.4 is 20.5 Å². The number of ether oxygens (including phenoxy) is 3. The Morgan fingerprint density at radius 2 is 1.72 bits per heavy atom. The quantitative estimate of drug-likeness (QED) is 0.679. The van der Waals surface area contributed by atoms with Crippen molar-refractivity contribution in [3.05, 3.63) is 36.4 Å². The number of methoxy groups -OCH3 is 2. The molecule has 8 nitrogen and oxygen atoms in total. The number of benzene rings is 2. The average molecular weight is 396 g/mol. The van der Waals surface area contributed by atoms with E-state index in [-0.39, 0.29) is 5.95 Å². The average Bonchev–Trinajstić information content (AvgIpc) is 2.64. The van der Waals surface area contributed by atoms with Crippen LogP contribution in [0.15, 0.2) is 36.4 Å². The number of nitrogens with zero attached hydrogens (tertiary/aromatic N) is 2. The smallest absolute Gasteiger partial charge is 0.412 e. The number of hydrogen-bond acceptors (Lipinski definition) is 7. The topological polar surface area (TPSA) is 109 Å². The Morgan fingerprint density at radius 3 is 2.38 bits per heavy atom. The summed E-state index contributed by atoms with van der Waals surface area (Å²) in [6, 6.07) is 10.8. The summed E-state index contributed by atoms with van der Waals surface area (Å²) in [6.45, 7) is 5.42. The van der Waals surface area contributed by atoms with Gasteiger partial charge in [-0.1, -0.05) is 12.1 Å². The molecule has 0 aliphatic rings. The van der Waals surface area contributed by atoms with E-state index in [2.05, 4.69) is 15.3 Å². The maximum Gasteiger partial charge on any atom is 0.412 e. The maximum atomic E-state index is 12.1. The van der Waals surface area contributed by atoms with Crippen molar-refractivity contribution in [1.29, 1.82) is 0 Å². The lowest BCUT2D eigenvalue weighted by molar-refractivity contribution is 0.0636. The van der Waals surface area contributed by atoms with Gasteiger partial charge in [-0.2, -0.15) is 0 Å². The van der Waals surface area contributed by atoms with Crippen molar-refractivity contribution in [2.24, 2.45) is 0 Å². The Balaban J connectivity index is 2.05. The first-order valence-corrected chi connectivity index (χ1v) is 9.00. The highest BCUT2D eigenvalue weighted by Crippen LogP contribution is 2.36. The van der Waals surface area contributed by atoms with Crippen LogP contribution in [0.1, 0.15) is 20.8 Å². The highest BCUT2D eigenvalue weighted by atomic mass is 16.6. The van der Waals surface area contributed by atoms with E-state index in [1.54, 1.807) is 59.3 Å². The first-order valence-electron chi connectivity index (χ1n) is 9.00. The number of anilines is 2. The van der Waals surface area contributed by atoms with Crippen LogP contribution in [0.3, 0.4) is 0 Å². The zero-order chi connectivity index (χ0) is 21.2. The van der Waals surface area contributed by atoms with Crippen molar-refractivity contribution in [3.8, 4) is 22.8 Å². The van der Waals surface area contributed by atoms with Gasteiger partial charge in [0.15, 0.2) is 11.5 Å². The van der Waals surface area contributed by atoms with Crippen LogP contribution in [-0.4, -0.2) is 35.9 Å². The molecule has 0 unspecified atom stereocenters. The van der Waals surface area contributed by atoms with E-state index in [0.29, 0.717) is 28.4 Å². The number of nitrogens with one attached hydrogen (secondary N) is 1. The number of rotatable bonds is 4. The van der Waals surface area contributed by atoms with E-state index in [1.165, 1.54) is 0 Å². The Morgan fingerprint density at radius 1 is 1.03 bits per heavy atom. The second-order valence-corrected chi connectivity index (χ2v) is 7.36. The fourth-order valence-corrected chi connectivity index (χ4v) is 2.86. The maximum absolute atomic E-state index is 12.1. The van der Waals surface area contributed by atoms with Crippen LogP contribution in [0.25, 0.3) is 22.2 Å². The molecule has 152 valence electrons. The summed E-state index contributed by atoms with van der Waals surface area (Å²) >= 11 is 0. The molecule has 29 heavy (non-hydrogen) atoms. The van der Waals surface area contributed by atoms with E-state index in [4.69, 9.17) is 19.9 Å². The van der Waals surface area contributed by atoms with Gasteiger partial charge in [0, 0.05) is 22.7 Å². The first kappa shape index (κ1) is 20.2. The van der Waals surface area contributed by atoms with E-state index in [0.717, 1.165) is 10.9 Å². The SMILES string of the molecule is COc1cc2nc(N)nc(-c3cccc(NC(=O)OC(C)(C)C)c3)c2cc1OC. The Labute approximate surface area is 169 Å². The second kappa shape index (κ2) is 7.83. The van der Waals surface area contributed by atoms with E-state index in [1.807, 2.05) is 12.1 Å². The predicted molar refractivity (Wildman–Crippen MR) is 112 cm³/mol. The van der Waals surface area contributed by atoms with Crippen LogP contribution in [0.4, 0.5) is 16.4 Å². The number of fused-ring (bicyclic) bond motifs is 1. The molecule has 0 fully saturated rings. The van der Waals surface area contributed by atoms with E-state index >= 15 is 0 Å². The molecule has 0 aliphatic carbocycles. The number of hydrogen-bond donors (Lipinski definition) is 2. The van der Waals surface area contributed by atoms with Crippen LogP contribution in [0.5, 0.6) is 11.5 Å². The van der Waals surface area contributed by atoms with Crippen molar-refractivity contribution in [2.75, 3.05) is 25.3 Å². The summed E-state index contributed by atoms with van der Waals surface area (Å²) in [6.07, 6.45) is -0.534.